The summed E-state index contributed by atoms with van der Waals surface area (Å²) in [5, 5.41) is 2.87. The molecule has 0 radical (unpaired) electrons. The second-order valence-corrected chi connectivity index (χ2v) is 5.97. The molecule has 0 aliphatic carbocycles. The van der Waals surface area contributed by atoms with Gasteiger partial charge in [0, 0.05) is 24.3 Å². The molecular weight excluding hydrogens is 338 g/mol. The molecule has 1 fully saturated rings. The van der Waals surface area contributed by atoms with Gasteiger partial charge in [0.15, 0.2) is 0 Å². The number of hydroxylamine groups is 2. The zero-order valence-corrected chi connectivity index (χ0v) is 13.6. The Morgan fingerprint density at radius 2 is 1.77 bits per heavy atom. The van der Waals surface area contributed by atoms with Crippen LogP contribution in [0.15, 0.2) is 51.7 Å². The Hall–Kier alpha value is -3.48. The van der Waals surface area contributed by atoms with Gasteiger partial charge in [-0.2, -0.15) is 0 Å². The second-order valence-electron chi connectivity index (χ2n) is 5.97. The SMILES string of the molecule is O=C(Cc1cc(=O)oc2ccc3ccccc3c12)ON1C(=O)CCC1=O. The predicted octanol–water partition coefficient (Wildman–Crippen LogP) is 2.10. The van der Waals surface area contributed by atoms with Crippen LogP contribution >= 0.6 is 0 Å². The van der Waals surface area contributed by atoms with Gasteiger partial charge < -0.3 is 9.25 Å². The lowest BCUT2D eigenvalue weighted by Gasteiger charge is -2.13. The Labute approximate surface area is 146 Å². The minimum atomic E-state index is -0.798. The second kappa shape index (κ2) is 6.11. The number of carbonyl (C=O) groups is 3. The summed E-state index contributed by atoms with van der Waals surface area (Å²) in [6.45, 7) is 0. The van der Waals surface area contributed by atoms with Crippen LogP contribution in [0.25, 0.3) is 21.7 Å². The predicted molar refractivity (Wildman–Crippen MR) is 90.9 cm³/mol. The number of fused-ring (bicyclic) bond motifs is 3. The molecule has 7 heteroatoms. The number of benzene rings is 2. The molecule has 2 aromatic carbocycles. The maximum Gasteiger partial charge on any atom is 0.337 e. The van der Waals surface area contributed by atoms with Crippen LogP contribution < -0.4 is 5.63 Å². The summed E-state index contributed by atoms with van der Waals surface area (Å²) in [4.78, 5) is 52.1. The molecule has 0 atom stereocenters. The monoisotopic (exact) mass is 351 g/mol. The maximum atomic E-state index is 12.2. The first-order chi connectivity index (χ1) is 12.5. The highest BCUT2D eigenvalue weighted by atomic mass is 16.7. The number of hydrogen-bond acceptors (Lipinski definition) is 6. The van der Waals surface area contributed by atoms with Crippen molar-refractivity contribution < 1.29 is 23.6 Å². The summed E-state index contributed by atoms with van der Waals surface area (Å²) >= 11 is 0. The molecule has 4 rings (SSSR count). The molecule has 1 aliphatic heterocycles. The van der Waals surface area contributed by atoms with Crippen LogP contribution in [0.4, 0.5) is 0 Å². The number of carbonyl (C=O) groups excluding carboxylic acids is 3. The fourth-order valence-electron chi connectivity index (χ4n) is 3.11. The van der Waals surface area contributed by atoms with Crippen LogP contribution in [0.2, 0.25) is 0 Å². The zero-order valence-electron chi connectivity index (χ0n) is 13.6. The standard InChI is InChI=1S/C19H13NO6/c21-15-7-8-16(22)20(15)26-18(24)10-12-9-17(23)25-14-6-5-11-3-1-2-4-13(11)19(12)14/h1-6,9H,7-8,10H2. The van der Waals surface area contributed by atoms with Gasteiger partial charge in [-0.15, -0.1) is 5.06 Å². The Kier molecular flexibility index (Phi) is 3.76. The van der Waals surface area contributed by atoms with Crippen LogP contribution in [0.1, 0.15) is 18.4 Å². The average Bonchev–Trinajstić information content (AvgIpc) is 2.93. The van der Waals surface area contributed by atoms with Gasteiger partial charge in [-0.3, -0.25) is 9.59 Å². The van der Waals surface area contributed by atoms with Gasteiger partial charge in [0.2, 0.25) is 0 Å². The van der Waals surface area contributed by atoms with E-state index in [2.05, 4.69) is 0 Å². The molecule has 130 valence electrons. The van der Waals surface area contributed by atoms with Crippen LogP contribution in [0.3, 0.4) is 0 Å². The molecule has 1 saturated heterocycles. The van der Waals surface area contributed by atoms with Crippen molar-refractivity contribution in [1.82, 2.24) is 5.06 Å². The summed E-state index contributed by atoms with van der Waals surface area (Å²) in [6, 6.07) is 12.2. The summed E-state index contributed by atoms with van der Waals surface area (Å²) in [5.74, 6) is -1.90. The third-order valence-electron chi connectivity index (χ3n) is 4.25. The van der Waals surface area contributed by atoms with Crippen LogP contribution in [-0.4, -0.2) is 22.8 Å². The number of imide groups is 1. The van der Waals surface area contributed by atoms with Gasteiger partial charge in [0.25, 0.3) is 11.8 Å². The van der Waals surface area contributed by atoms with E-state index in [9.17, 15) is 19.2 Å². The summed E-state index contributed by atoms with van der Waals surface area (Å²) in [7, 11) is 0. The molecule has 2 heterocycles. The minimum Gasteiger partial charge on any atom is -0.423 e. The highest BCUT2D eigenvalue weighted by Crippen LogP contribution is 2.28. The van der Waals surface area contributed by atoms with E-state index in [-0.39, 0.29) is 19.3 Å². The van der Waals surface area contributed by atoms with Gasteiger partial charge in [-0.1, -0.05) is 30.3 Å². The van der Waals surface area contributed by atoms with Crippen molar-refractivity contribution in [3.8, 4) is 0 Å². The van der Waals surface area contributed by atoms with Crippen molar-refractivity contribution in [1.29, 1.82) is 0 Å². The normalized spacial score (nSPS) is 14.4. The van der Waals surface area contributed by atoms with Crippen LogP contribution in [-0.2, 0) is 25.6 Å². The van der Waals surface area contributed by atoms with Gasteiger partial charge in [0.1, 0.15) is 5.58 Å². The molecule has 0 unspecified atom stereocenters. The van der Waals surface area contributed by atoms with E-state index in [1.165, 1.54) is 6.07 Å². The highest BCUT2D eigenvalue weighted by molar-refractivity contribution is 6.08. The molecule has 3 aromatic rings. The number of nitrogens with zero attached hydrogens (tertiary/aromatic N) is 1. The maximum absolute atomic E-state index is 12.2. The minimum absolute atomic E-state index is 0.0224. The molecule has 0 bridgehead atoms. The van der Waals surface area contributed by atoms with Crippen molar-refractivity contribution in [3.63, 3.8) is 0 Å². The first-order valence-electron chi connectivity index (χ1n) is 8.04. The zero-order chi connectivity index (χ0) is 18.3. The quantitative estimate of drug-likeness (QED) is 0.407. The molecule has 0 N–H and O–H groups in total. The third kappa shape index (κ3) is 2.73. The van der Waals surface area contributed by atoms with E-state index < -0.39 is 23.4 Å². The molecule has 0 spiro atoms. The van der Waals surface area contributed by atoms with E-state index in [4.69, 9.17) is 9.25 Å². The molecule has 26 heavy (non-hydrogen) atoms. The third-order valence-corrected chi connectivity index (χ3v) is 4.25. The van der Waals surface area contributed by atoms with E-state index in [1.807, 2.05) is 30.3 Å². The van der Waals surface area contributed by atoms with E-state index in [0.717, 1.165) is 10.8 Å². The van der Waals surface area contributed by atoms with Crippen LogP contribution in [0, 0.1) is 0 Å². The van der Waals surface area contributed by atoms with Crippen molar-refractivity contribution in [2.24, 2.45) is 0 Å². The van der Waals surface area contributed by atoms with Gasteiger partial charge in [0.05, 0.1) is 6.42 Å². The molecule has 1 aliphatic rings. The van der Waals surface area contributed by atoms with Gasteiger partial charge >= 0.3 is 11.6 Å². The fraction of sp³-hybridized carbons (Fsp3) is 0.158. The van der Waals surface area contributed by atoms with E-state index in [0.29, 0.717) is 21.6 Å². The summed E-state index contributed by atoms with van der Waals surface area (Å²) in [5.41, 5.74) is 0.174. The Morgan fingerprint density at radius 3 is 2.54 bits per heavy atom. The van der Waals surface area contributed by atoms with Crippen molar-refractivity contribution in [2.75, 3.05) is 0 Å². The van der Waals surface area contributed by atoms with Crippen molar-refractivity contribution in [3.05, 3.63) is 58.4 Å². The lowest BCUT2D eigenvalue weighted by atomic mass is 10.0. The fourth-order valence-corrected chi connectivity index (χ4v) is 3.11. The number of rotatable bonds is 3. The Morgan fingerprint density at radius 1 is 1.04 bits per heavy atom. The number of hydrogen-bond donors (Lipinski definition) is 0. The Balaban J connectivity index is 1.75. The van der Waals surface area contributed by atoms with Crippen molar-refractivity contribution >= 4 is 39.5 Å². The lowest BCUT2D eigenvalue weighted by molar-refractivity contribution is -0.197. The molecule has 7 nitrogen and oxygen atoms in total. The lowest BCUT2D eigenvalue weighted by Crippen LogP contribution is -2.32. The van der Waals surface area contributed by atoms with Crippen LogP contribution in [0.5, 0.6) is 0 Å². The van der Waals surface area contributed by atoms with Gasteiger partial charge in [-0.25, -0.2) is 9.59 Å². The van der Waals surface area contributed by atoms with Crippen molar-refractivity contribution in [2.45, 2.75) is 19.3 Å². The molecular formula is C19H13NO6. The number of amides is 2. The first-order valence-corrected chi connectivity index (χ1v) is 8.04. The van der Waals surface area contributed by atoms with Gasteiger partial charge in [-0.05, 0) is 22.4 Å². The highest BCUT2D eigenvalue weighted by Gasteiger charge is 2.33. The largest absolute Gasteiger partial charge is 0.423 e. The Bertz CT molecular complexity index is 1110. The summed E-state index contributed by atoms with van der Waals surface area (Å²) in [6.07, 6.45) is -0.226. The summed E-state index contributed by atoms with van der Waals surface area (Å²) < 4.78 is 5.23. The molecule has 2 amide bonds. The topological polar surface area (TPSA) is 93.9 Å². The smallest absolute Gasteiger partial charge is 0.337 e. The van der Waals surface area contributed by atoms with E-state index in [1.54, 1.807) is 6.07 Å². The molecule has 1 aromatic heterocycles. The van der Waals surface area contributed by atoms with E-state index >= 15 is 0 Å². The molecule has 0 saturated carbocycles. The average molecular weight is 351 g/mol. The first kappa shape index (κ1) is 16.0.